The van der Waals surface area contributed by atoms with Gasteiger partial charge in [0.05, 0.1) is 4.90 Å². The van der Waals surface area contributed by atoms with Crippen molar-refractivity contribution in [3.8, 4) is 0 Å². The molecule has 1 atom stereocenters. The van der Waals surface area contributed by atoms with Gasteiger partial charge in [-0.2, -0.15) is 0 Å². The van der Waals surface area contributed by atoms with Crippen LogP contribution in [0.1, 0.15) is 37.8 Å². The van der Waals surface area contributed by atoms with E-state index in [1.807, 2.05) is 24.0 Å². The van der Waals surface area contributed by atoms with Gasteiger partial charge < -0.3 is 4.90 Å². The molecule has 1 aliphatic heterocycles. The molecule has 2 aromatic carbocycles. The lowest BCUT2D eigenvalue weighted by Crippen LogP contribution is -2.36. The highest BCUT2D eigenvalue weighted by molar-refractivity contribution is 7.92. The molecule has 142 valence electrons. The Bertz CT molecular complexity index is 979. The fourth-order valence-corrected chi connectivity index (χ4v) is 4.77. The predicted octanol–water partition coefficient (Wildman–Crippen LogP) is 3.74. The zero-order valence-electron chi connectivity index (χ0n) is 15.6. The zero-order chi connectivity index (χ0) is 19.2. The smallest absolute Gasteiger partial charge is 0.261 e. The molecule has 0 saturated heterocycles. The van der Waals surface area contributed by atoms with E-state index in [1.54, 1.807) is 30.3 Å². The first-order valence-electron chi connectivity index (χ1n) is 9.47. The van der Waals surface area contributed by atoms with Crippen LogP contribution < -0.4 is 9.62 Å². The summed E-state index contributed by atoms with van der Waals surface area (Å²) in [6, 6.07) is 12.5. The van der Waals surface area contributed by atoms with E-state index >= 15 is 0 Å². The molecule has 27 heavy (non-hydrogen) atoms. The summed E-state index contributed by atoms with van der Waals surface area (Å²) in [6.45, 7) is 4.07. The van der Waals surface area contributed by atoms with Crippen molar-refractivity contribution < 1.29 is 13.2 Å². The van der Waals surface area contributed by atoms with Gasteiger partial charge in [-0.25, -0.2) is 8.42 Å². The van der Waals surface area contributed by atoms with E-state index in [4.69, 9.17) is 0 Å². The van der Waals surface area contributed by atoms with Gasteiger partial charge in [0.25, 0.3) is 10.0 Å². The van der Waals surface area contributed by atoms with E-state index in [0.29, 0.717) is 12.1 Å². The van der Waals surface area contributed by atoms with Crippen molar-refractivity contribution in [2.45, 2.75) is 50.5 Å². The summed E-state index contributed by atoms with van der Waals surface area (Å²) >= 11 is 0. The summed E-state index contributed by atoms with van der Waals surface area (Å²) < 4.78 is 28.2. The molecule has 6 heteroatoms. The number of nitrogens with one attached hydrogen (secondary N) is 1. The molecule has 1 aliphatic carbocycles. The molecule has 1 unspecified atom stereocenters. The van der Waals surface area contributed by atoms with Gasteiger partial charge in [0.15, 0.2) is 0 Å². The minimum Gasteiger partial charge on any atom is -0.309 e. The van der Waals surface area contributed by atoms with Crippen LogP contribution in [-0.2, 0) is 27.7 Å². The predicted molar refractivity (Wildman–Crippen MR) is 106 cm³/mol. The van der Waals surface area contributed by atoms with E-state index in [9.17, 15) is 13.2 Å². The van der Waals surface area contributed by atoms with Crippen molar-refractivity contribution >= 4 is 27.3 Å². The monoisotopic (exact) mass is 384 g/mol. The molecule has 4 rings (SSSR count). The third kappa shape index (κ3) is 3.46. The molecule has 2 aromatic rings. The van der Waals surface area contributed by atoms with Crippen LogP contribution in [0.5, 0.6) is 0 Å². The summed E-state index contributed by atoms with van der Waals surface area (Å²) in [6.07, 6.45) is 3.52. The van der Waals surface area contributed by atoms with E-state index in [2.05, 4.69) is 11.6 Å². The molecule has 2 aliphatic rings. The van der Waals surface area contributed by atoms with Crippen molar-refractivity contribution in [1.82, 2.24) is 0 Å². The normalized spacial score (nSPS) is 19.0. The minimum atomic E-state index is -3.67. The standard InChI is InChI=1S/C21H24N2O3S/c1-3-15-4-8-18(9-5-15)22-27(25,26)19-10-11-20-17(13-19)12-14(2)23(20)21(24)16-6-7-16/h4-5,8-11,13-14,16,22H,3,6-7,12H2,1-2H3. The van der Waals surface area contributed by atoms with Crippen molar-refractivity contribution in [2.75, 3.05) is 9.62 Å². The number of amides is 1. The second-order valence-electron chi connectivity index (χ2n) is 7.48. The SMILES string of the molecule is CCc1ccc(NS(=O)(=O)c2ccc3c(c2)CC(C)N3C(=O)C2CC2)cc1. The number of aryl methyl sites for hydroxylation is 1. The number of benzene rings is 2. The summed E-state index contributed by atoms with van der Waals surface area (Å²) in [4.78, 5) is 14.6. The Hall–Kier alpha value is -2.34. The molecular formula is C21H24N2O3S. The maximum atomic E-state index is 12.8. The van der Waals surface area contributed by atoms with Crippen LogP contribution >= 0.6 is 0 Å². The van der Waals surface area contributed by atoms with Crippen LogP contribution in [0.4, 0.5) is 11.4 Å². The lowest BCUT2D eigenvalue weighted by atomic mass is 10.1. The first kappa shape index (κ1) is 18.0. The van der Waals surface area contributed by atoms with E-state index < -0.39 is 10.0 Å². The van der Waals surface area contributed by atoms with Gasteiger partial charge in [0.2, 0.25) is 5.91 Å². The van der Waals surface area contributed by atoms with E-state index in [-0.39, 0.29) is 22.8 Å². The van der Waals surface area contributed by atoms with Crippen molar-refractivity contribution in [1.29, 1.82) is 0 Å². The third-order valence-electron chi connectivity index (χ3n) is 5.36. The summed E-state index contributed by atoms with van der Waals surface area (Å²) in [5, 5.41) is 0. The molecule has 1 heterocycles. The van der Waals surface area contributed by atoms with Gasteiger partial charge in [0.1, 0.15) is 0 Å². The van der Waals surface area contributed by atoms with Crippen molar-refractivity contribution in [3.05, 3.63) is 53.6 Å². The van der Waals surface area contributed by atoms with Gasteiger partial charge >= 0.3 is 0 Å². The Labute approximate surface area is 160 Å². The summed E-state index contributed by atoms with van der Waals surface area (Å²) in [7, 11) is -3.67. The Morgan fingerprint density at radius 3 is 2.48 bits per heavy atom. The number of rotatable bonds is 5. The van der Waals surface area contributed by atoms with Crippen LogP contribution in [0.25, 0.3) is 0 Å². The Morgan fingerprint density at radius 2 is 1.85 bits per heavy atom. The molecule has 1 amide bonds. The highest BCUT2D eigenvalue weighted by Crippen LogP contribution is 2.39. The average molecular weight is 385 g/mol. The van der Waals surface area contributed by atoms with E-state index in [0.717, 1.165) is 36.1 Å². The quantitative estimate of drug-likeness (QED) is 0.854. The average Bonchev–Trinajstić information content (AvgIpc) is 3.43. The molecule has 1 N–H and O–H groups in total. The van der Waals surface area contributed by atoms with Gasteiger partial charge in [-0.1, -0.05) is 19.1 Å². The molecule has 0 aromatic heterocycles. The van der Waals surface area contributed by atoms with Crippen LogP contribution in [-0.4, -0.2) is 20.4 Å². The van der Waals surface area contributed by atoms with Gasteiger partial charge in [-0.15, -0.1) is 0 Å². The highest BCUT2D eigenvalue weighted by atomic mass is 32.2. The van der Waals surface area contributed by atoms with Crippen LogP contribution in [0, 0.1) is 5.92 Å². The van der Waals surface area contributed by atoms with E-state index in [1.165, 1.54) is 0 Å². The van der Waals surface area contributed by atoms with Crippen molar-refractivity contribution in [3.63, 3.8) is 0 Å². The molecule has 0 radical (unpaired) electrons. The molecule has 0 bridgehead atoms. The Balaban J connectivity index is 1.59. The van der Waals surface area contributed by atoms with Gasteiger partial charge in [-0.3, -0.25) is 9.52 Å². The fourth-order valence-electron chi connectivity index (χ4n) is 3.66. The topological polar surface area (TPSA) is 66.5 Å². The number of carbonyl (C=O) groups is 1. The Kier molecular flexibility index (Phi) is 4.46. The summed E-state index contributed by atoms with van der Waals surface area (Å²) in [5.74, 6) is 0.320. The molecule has 5 nitrogen and oxygen atoms in total. The minimum absolute atomic E-state index is 0.0700. The zero-order valence-corrected chi connectivity index (χ0v) is 16.4. The maximum Gasteiger partial charge on any atom is 0.261 e. The van der Waals surface area contributed by atoms with Crippen LogP contribution in [0.15, 0.2) is 47.4 Å². The maximum absolute atomic E-state index is 12.8. The lowest BCUT2D eigenvalue weighted by molar-refractivity contribution is -0.120. The largest absolute Gasteiger partial charge is 0.309 e. The molecular weight excluding hydrogens is 360 g/mol. The first-order valence-corrected chi connectivity index (χ1v) is 10.9. The number of hydrogen-bond donors (Lipinski definition) is 1. The van der Waals surface area contributed by atoms with Gasteiger partial charge in [-0.05, 0) is 74.1 Å². The first-order chi connectivity index (χ1) is 12.9. The fraction of sp³-hybridized carbons (Fsp3) is 0.381. The summed E-state index contributed by atoms with van der Waals surface area (Å²) in [5.41, 5.74) is 3.47. The molecule has 1 saturated carbocycles. The number of fused-ring (bicyclic) bond motifs is 1. The lowest BCUT2D eigenvalue weighted by Gasteiger charge is -2.22. The highest BCUT2D eigenvalue weighted by Gasteiger charge is 2.39. The number of anilines is 2. The Morgan fingerprint density at radius 1 is 1.15 bits per heavy atom. The van der Waals surface area contributed by atoms with Crippen LogP contribution in [0.2, 0.25) is 0 Å². The van der Waals surface area contributed by atoms with Crippen LogP contribution in [0.3, 0.4) is 0 Å². The second kappa shape index (κ2) is 6.68. The molecule has 0 spiro atoms. The number of sulfonamides is 1. The van der Waals surface area contributed by atoms with Gasteiger partial charge in [0, 0.05) is 23.3 Å². The van der Waals surface area contributed by atoms with Crippen molar-refractivity contribution in [2.24, 2.45) is 5.92 Å². The third-order valence-corrected chi connectivity index (χ3v) is 6.73. The number of nitrogens with zero attached hydrogens (tertiary/aromatic N) is 1. The second-order valence-corrected chi connectivity index (χ2v) is 9.16. The number of hydrogen-bond acceptors (Lipinski definition) is 3. The number of carbonyl (C=O) groups excluding carboxylic acids is 1. The molecule has 1 fully saturated rings.